The lowest BCUT2D eigenvalue weighted by Crippen LogP contribution is -2.47. The molecule has 0 bridgehead atoms. The van der Waals surface area contributed by atoms with E-state index in [0.717, 1.165) is 19.3 Å². The molecule has 0 radical (unpaired) electrons. The van der Waals surface area contributed by atoms with Crippen LogP contribution >= 0.6 is 0 Å². The Hall–Kier alpha value is -1.86. The maximum absolute atomic E-state index is 14.0. The highest BCUT2D eigenvalue weighted by atomic mass is 19.1. The van der Waals surface area contributed by atoms with Gasteiger partial charge in [-0.25, -0.2) is 4.39 Å². The van der Waals surface area contributed by atoms with Gasteiger partial charge in [-0.3, -0.25) is 4.79 Å². The zero-order chi connectivity index (χ0) is 15.4. The summed E-state index contributed by atoms with van der Waals surface area (Å²) in [6, 6.07) is 4.47. The molecule has 1 aliphatic heterocycles. The summed E-state index contributed by atoms with van der Waals surface area (Å²) in [5.74, 6) is 4.40. The number of aliphatic hydroxyl groups is 1. The number of rotatable bonds is 1. The molecule has 1 fully saturated rings. The van der Waals surface area contributed by atoms with E-state index >= 15 is 0 Å². The Bertz CT molecular complexity index is 578. The van der Waals surface area contributed by atoms with Crippen molar-refractivity contribution < 1.29 is 14.3 Å². The van der Waals surface area contributed by atoms with E-state index in [1.54, 1.807) is 4.90 Å². The van der Waals surface area contributed by atoms with Gasteiger partial charge in [-0.05, 0) is 51.3 Å². The highest BCUT2D eigenvalue weighted by Gasteiger charge is 2.30. The molecule has 0 aliphatic carbocycles. The average molecular weight is 289 g/mol. The number of benzene rings is 1. The molecule has 4 heteroatoms. The standard InChI is InChI=1S/C17H20FNO2/c1-12-5-3-6-13(2)19(12)17(21)15-11-14(7-4-10-20)8-9-16(15)18/h8-9,11-13,20H,3,5-6,10H2,1-2H3. The molecule has 21 heavy (non-hydrogen) atoms. The van der Waals surface area contributed by atoms with Gasteiger partial charge in [0.1, 0.15) is 12.4 Å². The number of hydrogen-bond acceptors (Lipinski definition) is 2. The van der Waals surface area contributed by atoms with Crippen molar-refractivity contribution >= 4 is 5.91 Å². The van der Waals surface area contributed by atoms with Gasteiger partial charge in [0.25, 0.3) is 5.91 Å². The molecule has 2 unspecified atom stereocenters. The highest BCUT2D eigenvalue weighted by Crippen LogP contribution is 2.25. The normalized spacial score (nSPS) is 21.6. The maximum Gasteiger partial charge on any atom is 0.257 e. The van der Waals surface area contributed by atoms with Crippen molar-refractivity contribution in [2.75, 3.05) is 6.61 Å². The van der Waals surface area contributed by atoms with Gasteiger partial charge >= 0.3 is 0 Å². The first kappa shape index (κ1) is 15.5. The number of aliphatic hydroxyl groups excluding tert-OH is 1. The number of halogens is 1. The summed E-state index contributed by atoms with van der Waals surface area (Å²) in [5, 5.41) is 8.71. The summed E-state index contributed by atoms with van der Waals surface area (Å²) in [4.78, 5) is 14.4. The molecule has 112 valence electrons. The maximum atomic E-state index is 14.0. The molecule has 1 N–H and O–H groups in total. The van der Waals surface area contributed by atoms with Crippen LogP contribution < -0.4 is 0 Å². The van der Waals surface area contributed by atoms with Gasteiger partial charge in [-0.2, -0.15) is 0 Å². The number of carbonyl (C=O) groups is 1. The van der Waals surface area contributed by atoms with Crippen molar-refractivity contribution in [3.8, 4) is 11.8 Å². The highest BCUT2D eigenvalue weighted by molar-refractivity contribution is 5.95. The van der Waals surface area contributed by atoms with E-state index in [1.807, 2.05) is 13.8 Å². The summed E-state index contributed by atoms with van der Waals surface area (Å²) in [7, 11) is 0. The summed E-state index contributed by atoms with van der Waals surface area (Å²) >= 11 is 0. The second-order valence-electron chi connectivity index (χ2n) is 5.50. The summed E-state index contributed by atoms with van der Waals surface area (Å²) in [6.07, 6.45) is 2.99. The predicted octanol–water partition coefficient (Wildman–Crippen LogP) is 2.57. The SMILES string of the molecule is CC1CCCC(C)N1C(=O)c1cc(C#CCO)ccc1F. The second kappa shape index (κ2) is 6.73. The molecular weight excluding hydrogens is 269 g/mol. The third-order valence-corrected chi connectivity index (χ3v) is 3.94. The van der Waals surface area contributed by atoms with E-state index in [0.29, 0.717) is 5.56 Å². The van der Waals surface area contributed by atoms with Crippen molar-refractivity contribution in [3.63, 3.8) is 0 Å². The Morgan fingerprint density at radius 2 is 2.05 bits per heavy atom. The minimum absolute atomic E-state index is 0.0559. The van der Waals surface area contributed by atoms with Crippen LogP contribution in [0.2, 0.25) is 0 Å². The number of amides is 1. The summed E-state index contributed by atoms with van der Waals surface area (Å²) in [5.41, 5.74) is 0.589. The third-order valence-electron chi connectivity index (χ3n) is 3.94. The monoisotopic (exact) mass is 289 g/mol. The van der Waals surface area contributed by atoms with E-state index in [1.165, 1.54) is 18.2 Å². The number of nitrogens with zero attached hydrogens (tertiary/aromatic N) is 1. The molecule has 0 spiro atoms. The lowest BCUT2D eigenvalue weighted by molar-refractivity contribution is 0.0506. The predicted molar refractivity (Wildman–Crippen MR) is 79.3 cm³/mol. The zero-order valence-electron chi connectivity index (χ0n) is 12.4. The van der Waals surface area contributed by atoms with Gasteiger partial charge in [0.2, 0.25) is 0 Å². The van der Waals surface area contributed by atoms with Crippen LogP contribution in [-0.2, 0) is 0 Å². The minimum Gasteiger partial charge on any atom is -0.384 e. The van der Waals surface area contributed by atoms with Crippen molar-refractivity contribution in [1.82, 2.24) is 4.90 Å². The Morgan fingerprint density at radius 3 is 2.67 bits per heavy atom. The second-order valence-corrected chi connectivity index (χ2v) is 5.50. The van der Waals surface area contributed by atoms with E-state index in [-0.39, 0.29) is 30.2 Å². The van der Waals surface area contributed by atoms with Crippen LogP contribution in [0.5, 0.6) is 0 Å². The lowest BCUT2D eigenvalue weighted by atomic mass is 9.96. The van der Waals surface area contributed by atoms with Crippen molar-refractivity contribution in [3.05, 3.63) is 35.1 Å². The Morgan fingerprint density at radius 1 is 1.38 bits per heavy atom. The zero-order valence-corrected chi connectivity index (χ0v) is 12.4. The van der Waals surface area contributed by atoms with Gasteiger partial charge in [-0.1, -0.05) is 11.8 Å². The van der Waals surface area contributed by atoms with Gasteiger partial charge in [0, 0.05) is 17.6 Å². The van der Waals surface area contributed by atoms with E-state index < -0.39 is 5.82 Å². The number of carbonyl (C=O) groups excluding carboxylic acids is 1. The van der Waals surface area contributed by atoms with Crippen LogP contribution in [-0.4, -0.2) is 34.6 Å². The van der Waals surface area contributed by atoms with Gasteiger partial charge in [0.15, 0.2) is 0 Å². The first-order chi connectivity index (χ1) is 10.0. The topological polar surface area (TPSA) is 40.5 Å². The van der Waals surface area contributed by atoms with Gasteiger partial charge in [-0.15, -0.1) is 0 Å². The van der Waals surface area contributed by atoms with Crippen LogP contribution in [0.15, 0.2) is 18.2 Å². The van der Waals surface area contributed by atoms with E-state index in [4.69, 9.17) is 5.11 Å². The Balaban J connectivity index is 2.33. The first-order valence-corrected chi connectivity index (χ1v) is 7.26. The average Bonchev–Trinajstić information content (AvgIpc) is 2.46. The van der Waals surface area contributed by atoms with Crippen molar-refractivity contribution in [1.29, 1.82) is 0 Å². The fourth-order valence-corrected chi connectivity index (χ4v) is 2.87. The van der Waals surface area contributed by atoms with Crippen LogP contribution in [0.4, 0.5) is 4.39 Å². The molecule has 2 atom stereocenters. The molecule has 1 aliphatic rings. The van der Waals surface area contributed by atoms with Gasteiger partial charge in [0.05, 0.1) is 5.56 Å². The van der Waals surface area contributed by atoms with Crippen molar-refractivity contribution in [2.24, 2.45) is 0 Å². The fourth-order valence-electron chi connectivity index (χ4n) is 2.87. The lowest BCUT2D eigenvalue weighted by Gasteiger charge is -2.39. The Kier molecular flexibility index (Phi) is 4.98. The smallest absolute Gasteiger partial charge is 0.257 e. The molecule has 2 rings (SSSR count). The molecule has 0 saturated carbocycles. The summed E-state index contributed by atoms with van der Waals surface area (Å²) < 4.78 is 14.0. The molecule has 0 aromatic heterocycles. The molecular formula is C17H20FNO2. The largest absolute Gasteiger partial charge is 0.384 e. The molecule has 1 aromatic rings. The van der Waals surface area contributed by atoms with Crippen LogP contribution in [0.3, 0.4) is 0 Å². The quantitative estimate of drug-likeness (QED) is 0.807. The fraction of sp³-hybridized carbons (Fsp3) is 0.471. The number of piperidine rings is 1. The molecule has 1 aromatic carbocycles. The molecule has 3 nitrogen and oxygen atoms in total. The van der Waals surface area contributed by atoms with E-state index in [9.17, 15) is 9.18 Å². The van der Waals surface area contributed by atoms with Gasteiger partial charge < -0.3 is 10.0 Å². The number of hydrogen-bond donors (Lipinski definition) is 1. The molecule has 1 amide bonds. The van der Waals surface area contributed by atoms with Crippen molar-refractivity contribution in [2.45, 2.75) is 45.2 Å². The van der Waals surface area contributed by atoms with Crippen LogP contribution in [0.1, 0.15) is 49.0 Å². The van der Waals surface area contributed by atoms with Crippen LogP contribution in [0, 0.1) is 17.7 Å². The van der Waals surface area contributed by atoms with E-state index in [2.05, 4.69) is 11.8 Å². The number of likely N-dealkylation sites (tertiary alicyclic amines) is 1. The molecule has 1 saturated heterocycles. The minimum atomic E-state index is -0.528. The Labute approximate surface area is 124 Å². The van der Waals surface area contributed by atoms with Crippen LogP contribution in [0.25, 0.3) is 0 Å². The summed E-state index contributed by atoms with van der Waals surface area (Å²) in [6.45, 7) is 3.74. The third kappa shape index (κ3) is 3.43. The first-order valence-electron chi connectivity index (χ1n) is 7.26. The molecule has 1 heterocycles.